The summed E-state index contributed by atoms with van der Waals surface area (Å²) in [6.07, 6.45) is 0.166. The lowest BCUT2D eigenvalue weighted by Crippen LogP contribution is -2.52. The minimum absolute atomic E-state index is 0.0553. The van der Waals surface area contributed by atoms with Gasteiger partial charge >= 0.3 is 6.09 Å². The summed E-state index contributed by atoms with van der Waals surface area (Å²) in [4.78, 5) is 40.5. The predicted molar refractivity (Wildman–Crippen MR) is 125 cm³/mol. The van der Waals surface area contributed by atoms with Gasteiger partial charge in [0.15, 0.2) is 0 Å². The monoisotopic (exact) mass is 445 g/mol. The second kappa shape index (κ2) is 9.51. The second-order valence-electron chi connectivity index (χ2n) is 10.9. The molecule has 0 aromatic heterocycles. The second-order valence-corrected chi connectivity index (χ2v) is 10.9. The minimum Gasteiger partial charge on any atom is -0.444 e. The van der Waals surface area contributed by atoms with Crippen molar-refractivity contribution in [3.63, 3.8) is 0 Å². The van der Waals surface area contributed by atoms with Crippen molar-refractivity contribution in [1.82, 2.24) is 15.5 Å². The van der Waals surface area contributed by atoms with E-state index in [4.69, 9.17) is 4.74 Å². The molecular weight excluding hydrogens is 406 g/mol. The summed E-state index contributed by atoms with van der Waals surface area (Å²) in [6.45, 7) is 16.9. The van der Waals surface area contributed by atoms with Gasteiger partial charge in [0.2, 0.25) is 11.8 Å². The van der Waals surface area contributed by atoms with Crippen LogP contribution in [0.3, 0.4) is 0 Å². The van der Waals surface area contributed by atoms with E-state index in [1.165, 1.54) is 0 Å². The molecule has 2 N–H and O–H groups in total. The van der Waals surface area contributed by atoms with E-state index in [2.05, 4.69) is 17.6 Å². The molecule has 1 aliphatic rings. The molecule has 7 nitrogen and oxygen atoms in total. The van der Waals surface area contributed by atoms with Crippen molar-refractivity contribution in [3.05, 3.63) is 34.9 Å². The number of carbonyl (C=O) groups excluding carboxylic acids is 3. The van der Waals surface area contributed by atoms with Crippen LogP contribution in [0.5, 0.6) is 0 Å². The fraction of sp³-hybridized carbons (Fsp3) is 0.640. The molecule has 1 saturated carbocycles. The quantitative estimate of drug-likeness (QED) is 0.692. The number of aryl methyl sites for hydroxylation is 2. The van der Waals surface area contributed by atoms with E-state index in [1.54, 1.807) is 25.7 Å². The van der Waals surface area contributed by atoms with Crippen LogP contribution in [0.1, 0.15) is 77.6 Å². The first kappa shape index (κ1) is 25.7. The van der Waals surface area contributed by atoms with E-state index < -0.39 is 23.3 Å². The van der Waals surface area contributed by atoms with Crippen LogP contribution in [0.2, 0.25) is 0 Å². The molecule has 0 radical (unpaired) electrons. The Balaban J connectivity index is 2.36. The highest BCUT2D eigenvalue weighted by molar-refractivity contribution is 5.91. The van der Waals surface area contributed by atoms with E-state index >= 15 is 0 Å². The average molecular weight is 446 g/mol. The number of rotatable bonds is 6. The third kappa shape index (κ3) is 7.24. The molecule has 3 unspecified atom stereocenters. The first-order chi connectivity index (χ1) is 14.6. The number of amides is 3. The molecule has 178 valence electrons. The van der Waals surface area contributed by atoms with Crippen molar-refractivity contribution in [2.75, 3.05) is 6.54 Å². The molecule has 1 aliphatic carbocycles. The largest absolute Gasteiger partial charge is 0.444 e. The minimum atomic E-state index is -0.781. The molecule has 1 aromatic carbocycles. The summed E-state index contributed by atoms with van der Waals surface area (Å²) in [7, 11) is 0. The van der Waals surface area contributed by atoms with Crippen LogP contribution < -0.4 is 10.6 Å². The maximum absolute atomic E-state index is 13.4. The zero-order valence-corrected chi connectivity index (χ0v) is 21.0. The van der Waals surface area contributed by atoms with Gasteiger partial charge < -0.3 is 20.3 Å². The van der Waals surface area contributed by atoms with Gasteiger partial charge in [0.1, 0.15) is 18.2 Å². The molecule has 3 atom stereocenters. The molecular formula is C25H39N3O4. The van der Waals surface area contributed by atoms with Crippen molar-refractivity contribution >= 4 is 17.9 Å². The Hall–Kier alpha value is -2.57. The lowest BCUT2D eigenvalue weighted by molar-refractivity contribution is -0.141. The van der Waals surface area contributed by atoms with Crippen LogP contribution in [-0.2, 0) is 14.3 Å². The zero-order chi connectivity index (χ0) is 24.4. The first-order valence-corrected chi connectivity index (χ1v) is 11.3. The smallest absolute Gasteiger partial charge is 0.408 e. The highest BCUT2D eigenvalue weighted by atomic mass is 16.6. The van der Waals surface area contributed by atoms with Gasteiger partial charge in [-0.25, -0.2) is 4.79 Å². The van der Waals surface area contributed by atoms with Gasteiger partial charge in [-0.3, -0.25) is 9.59 Å². The van der Waals surface area contributed by atoms with Crippen LogP contribution in [0.25, 0.3) is 0 Å². The topological polar surface area (TPSA) is 87.7 Å². The van der Waals surface area contributed by atoms with Crippen LogP contribution in [0, 0.1) is 19.8 Å². The summed E-state index contributed by atoms with van der Waals surface area (Å²) in [5.74, 6) is -0.250. The summed E-state index contributed by atoms with van der Waals surface area (Å²) < 4.78 is 5.25. The predicted octanol–water partition coefficient (Wildman–Crippen LogP) is 4.02. The lowest BCUT2D eigenvalue weighted by atomic mass is 9.97. The molecule has 0 aliphatic heterocycles. The Kier molecular flexibility index (Phi) is 7.63. The Morgan fingerprint density at radius 1 is 1.09 bits per heavy atom. The molecule has 0 bridgehead atoms. The molecule has 7 heteroatoms. The highest BCUT2D eigenvalue weighted by Crippen LogP contribution is 2.40. The fourth-order valence-corrected chi connectivity index (χ4v) is 3.57. The number of alkyl carbamates (subject to hydrolysis) is 1. The van der Waals surface area contributed by atoms with Gasteiger partial charge in [-0.1, -0.05) is 25.1 Å². The molecule has 32 heavy (non-hydrogen) atoms. The van der Waals surface area contributed by atoms with Gasteiger partial charge in [-0.05, 0) is 84.4 Å². The van der Waals surface area contributed by atoms with Crippen molar-refractivity contribution in [3.8, 4) is 0 Å². The molecule has 0 spiro atoms. The number of hydrogen-bond acceptors (Lipinski definition) is 4. The molecule has 3 amide bonds. The molecule has 2 rings (SSSR count). The fourth-order valence-electron chi connectivity index (χ4n) is 3.57. The van der Waals surface area contributed by atoms with E-state index in [-0.39, 0.29) is 30.3 Å². The van der Waals surface area contributed by atoms with Gasteiger partial charge in [0.05, 0.1) is 0 Å². The maximum atomic E-state index is 13.4. The lowest BCUT2D eigenvalue weighted by Gasteiger charge is -2.34. The summed E-state index contributed by atoms with van der Waals surface area (Å²) in [5.41, 5.74) is 1.83. The van der Waals surface area contributed by atoms with Crippen LogP contribution >= 0.6 is 0 Å². The Bertz CT molecular complexity index is 867. The SMILES string of the molecule is Cc1ccc(C(C(=O)NC(C)(C)C)N(C(=O)CNC(=O)OC(C)(C)C)C2CC2C)cc1C. The summed E-state index contributed by atoms with van der Waals surface area (Å²) in [6, 6.07) is 5.01. The van der Waals surface area contributed by atoms with Crippen LogP contribution in [0.15, 0.2) is 18.2 Å². The van der Waals surface area contributed by atoms with Crippen LogP contribution in [0.4, 0.5) is 4.79 Å². The number of carbonyl (C=O) groups is 3. The van der Waals surface area contributed by atoms with E-state index in [0.29, 0.717) is 0 Å². The van der Waals surface area contributed by atoms with Gasteiger partial charge in [-0.15, -0.1) is 0 Å². The van der Waals surface area contributed by atoms with Crippen molar-refractivity contribution in [2.45, 2.75) is 92.0 Å². The van der Waals surface area contributed by atoms with E-state index in [1.807, 2.05) is 52.8 Å². The van der Waals surface area contributed by atoms with Gasteiger partial charge in [0.25, 0.3) is 0 Å². The number of hydrogen-bond donors (Lipinski definition) is 2. The maximum Gasteiger partial charge on any atom is 0.408 e. The number of nitrogens with one attached hydrogen (secondary N) is 2. The standard InChI is InChI=1S/C25H39N3O4/c1-15-10-11-18(12-16(15)2)21(22(30)27-24(4,5)6)28(19-13-17(19)3)20(29)14-26-23(31)32-25(7,8)9/h10-12,17,19,21H,13-14H2,1-9H3,(H,26,31)(H,27,30). The molecule has 0 heterocycles. The number of benzene rings is 1. The normalized spacial score (nSPS) is 19.0. The Labute approximate surface area is 192 Å². The zero-order valence-electron chi connectivity index (χ0n) is 21.0. The average Bonchev–Trinajstić information content (AvgIpc) is 3.33. The first-order valence-electron chi connectivity index (χ1n) is 11.3. The van der Waals surface area contributed by atoms with Crippen molar-refractivity contribution in [1.29, 1.82) is 0 Å². The number of nitrogens with zero attached hydrogens (tertiary/aromatic N) is 1. The highest BCUT2D eigenvalue weighted by Gasteiger charge is 2.46. The third-order valence-electron chi connectivity index (χ3n) is 5.37. The van der Waals surface area contributed by atoms with Gasteiger partial charge in [-0.2, -0.15) is 0 Å². The number of ether oxygens (including phenoxy) is 1. The van der Waals surface area contributed by atoms with E-state index in [9.17, 15) is 14.4 Å². The van der Waals surface area contributed by atoms with Crippen molar-refractivity contribution in [2.24, 2.45) is 5.92 Å². The van der Waals surface area contributed by atoms with Crippen molar-refractivity contribution < 1.29 is 19.1 Å². The Morgan fingerprint density at radius 3 is 2.16 bits per heavy atom. The summed E-state index contributed by atoms with van der Waals surface area (Å²) >= 11 is 0. The third-order valence-corrected chi connectivity index (χ3v) is 5.37. The van der Waals surface area contributed by atoms with Gasteiger partial charge in [0, 0.05) is 11.6 Å². The van der Waals surface area contributed by atoms with E-state index in [0.717, 1.165) is 23.1 Å². The molecule has 1 fully saturated rings. The Morgan fingerprint density at radius 2 is 1.69 bits per heavy atom. The molecule has 0 saturated heterocycles. The molecule has 1 aromatic rings. The van der Waals surface area contributed by atoms with Crippen LogP contribution in [-0.4, -0.2) is 46.5 Å². The summed E-state index contributed by atoms with van der Waals surface area (Å²) in [5, 5.41) is 5.58.